The summed E-state index contributed by atoms with van der Waals surface area (Å²) in [5.41, 5.74) is 3.58. The molecule has 0 amide bonds. The van der Waals surface area contributed by atoms with Gasteiger partial charge in [0.25, 0.3) is 0 Å². The zero-order valence-corrected chi connectivity index (χ0v) is 11.8. The van der Waals surface area contributed by atoms with E-state index in [0.29, 0.717) is 23.1 Å². The number of hydrogen-bond acceptors (Lipinski definition) is 5. The monoisotopic (exact) mass is 293 g/mol. The normalized spacial score (nSPS) is 11.9. The van der Waals surface area contributed by atoms with Crippen LogP contribution in [0.2, 0.25) is 5.02 Å². The van der Waals surface area contributed by atoms with Gasteiger partial charge >= 0.3 is 0 Å². The van der Waals surface area contributed by atoms with Crippen LogP contribution < -0.4 is 20.7 Å². The lowest BCUT2D eigenvalue weighted by molar-refractivity contribution is 0.267. The van der Waals surface area contributed by atoms with Gasteiger partial charge in [-0.1, -0.05) is 17.7 Å². The number of nitrogens with two attached hydrogens (primary N) is 1. The summed E-state index contributed by atoms with van der Waals surface area (Å²) in [6.07, 6.45) is 3.35. The molecule has 106 valence electrons. The molecule has 0 aliphatic heterocycles. The molecule has 0 radical (unpaired) electrons. The number of ether oxygens (including phenoxy) is 2. The molecule has 0 saturated carbocycles. The molecule has 20 heavy (non-hydrogen) atoms. The highest BCUT2D eigenvalue weighted by Crippen LogP contribution is 2.21. The van der Waals surface area contributed by atoms with E-state index < -0.39 is 0 Å². The highest BCUT2D eigenvalue weighted by Gasteiger charge is 2.12. The predicted molar refractivity (Wildman–Crippen MR) is 77.8 cm³/mol. The summed E-state index contributed by atoms with van der Waals surface area (Å²) in [6.45, 7) is 0.353. The van der Waals surface area contributed by atoms with Gasteiger partial charge in [0.2, 0.25) is 0 Å². The third-order valence-corrected chi connectivity index (χ3v) is 3.02. The van der Waals surface area contributed by atoms with E-state index in [2.05, 4.69) is 10.4 Å². The van der Waals surface area contributed by atoms with E-state index in [0.717, 1.165) is 5.56 Å². The van der Waals surface area contributed by atoms with Crippen molar-refractivity contribution in [2.45, 2.75) is 6.04 Å². The Morgan fingerprint density at radius 3 is 2.85 bits per heavy atom. The molecule has 1 atom stereocenters. The molecule has 1 aromatic heterocycles. The highest BCUT2D eigenvalue weighted by atomic mass is 35.5. The maximum Gasteiger partial charge on any atom is 0.137 e. The second-order valence-electron chi connectivity index (χ2n) is 4.15. The number of pyridine rings is 1. The van der Waals surface area contributed by atoms with Crippen LogP contribution in [0.25, 0.3) is 0 Å². The minimum Gasteiger partial charge on any atom is -0.495 e. The van der Waals surface area contributed by atoms with Crippen molar-refractivity contribution in [3.05, 3.63) is 53.3 Å². The van der Waals surface area contributed by atoms with Crippen LogP contribution in [0.5, 0.6) is 11.5 Å². The molecule has 0 fully saturated rings. The standard InChI is InChI=1S/C14H16ClN3O2/c1-19-13-5-10(7-17-8-13)14(18-16)9-20-12-4-2-3-11(15)6-12/h2-8,14,18H,9,16H2,1H3. The molecule has 2 aromatic rings. The zero-order valence-electron chi connectivity index (χ0n) is 11.0. The summed E-state index contributed by atoms with van der Waals surface area (Å²) in [5.74, 6) is 6.93. The van der Waals surface area contributed by atoms with Gasteiger partial charge in [-0.05, 0) is 29.8 Å². The molecule has 6 heteroatoms. The molecule has 0 aliphatic rings. The van der Waals surface area contributed by atoms with Crippen molar-refractivity contribution >= 4 is 11.6 Å². The minimum atomic E-state index is -0.198. The maximum atomic E-state index is 5.90. The van der Waals surface area contributed by atoms with Crippen LogP contribution in [0.1, 0.15) is 11.6 Å². The molecule has 0 spiro atoms. The molecule has 2 rings (SSSR count). The van der Waals surface area contributed by atoms with Crippen molar-refractivity contribution in [1.82, 2.24) is 10.4 Å². The quantitative estimate of drug-likeness (QED) is 0.632. The fourth-order valence-electron chi connectivity index (χ4n) is 1.71. The largest absolute Gasteiger partial charge is 0.495 e. The summed E-state index contributed by atoms with van der Waals surface area (Å²) >= 11 is 5.90. The molecule has 5 nitrogen and oxygen atoms in total. The Labute approximate surface area is 122 Å². The number of hydrogen-bond donors (Lipinski definition) is 2. The van der Waals surface area contributed by atoms with Gasteiger partial charge in [0.1, 0.15) is 18.1 Å². The van der Waals surface area contributed by atoms with E-state index in [1.54, 1.807) is 31.6 Å². The second-order valence-corrected chi connectivity index (χ2v) is 4.58. The number of methoxy groups -OCH3 is 1. The van der Waals surface area contributed by atoms with Gasteiger partial charge < -0.3 is 9.47 Å². The van der Waals surface area contributed by atoms with Gasteiger partial charge in [-0.25, -0.2) is 5.43 Å². The van der Waals surface area contributed by atoms with Crippen molar-refractivity contribution < 1.29 is 9.47 Å². The average Bonchev–Trinajstić information content (AvgIpc) is 2.48. The average molecular weight is 294 g/mol. The number of benzene rings is 1. The Bertz CT molecular complexity index is 566. The topological polar surface area (TPSA) is 69.4 Å². The van der Waals surface area contributed by atoms with Crippen molar-refractivity contribution in [1.29, 1.82) is 0 Å². The van der Waals surface area contributed by atoms with Crippen LogP contribution in [0.4, 0.5) is 0 Å². The minimum absolute atomic E-state index is 0.198. The van der Waals surface area contributed by atoms with E-state index in [1.807, 2.05) is 18.2 Å². The molecule has 1 heterocycles. The zero-order chi connectivity index (χ0) is 14.4. The number of nitrogens with zero attached hydrogens (tertiary/aromatic N) is 1. The fraction of sp³-hybridized carbons (Fsp3) is 0.214. The summed E-state index contributed by atoms with van der Waals surface area (Å²) in [7, 11) is 1.59. The lowest BCUT2D eigenvalue weighted by atomic mass is 10.1. The molecule has 0 saturated heterocycles. The molecule has 1 unspecified atom stereocenters. The van der Waals surface area contributed by atoms with E-state index >= 15 is 0 Å². The highest BCUT2D eigenvalue weighted by molar-refractivity contribution is 6.30. The van der Waals surface area contributed by atoms with Crippen LogP contribution in [0.3, 0.4) is 0 Å². The SMILES string of the molecule is COc1cncc(C(COc2cccc(Cl)c2)NN)c1. The summed E-state index contributed by atoms with van der Waals surface area (Å²) < 4.78 is 10.8. The third-order valence-electron chi connectivity index (χ3n) is 2.79. The van der Waals surface area contributed by atoms with Gasteiger partial charge in [0.05, 0.1) is 19.3 Å². The van der Waals surface area contributed by atoms with Gasteiger partial charge in [-0.15, -0.1) is 0 Å². The fourth-order valence-corrected chi connectivity index (χ4v) is 1.89. The number of aromatic nitrogens is 1. The molecular formula is C14H16ClN3O2. The molecule has 0 bridgehead atoms. The Kier molecular flexibility index (Phi) is 5.17. The van der Waals surface area contributed by atoms with Gasteiger partial charge in [-0.3, -0.25) is 10.8 Å². The van der Waals surface area contributed by atoms with E-state index in [9.17, 15) is 0 Å². The molecule has 0 aliphatic carbocycles. The van der Waals surface area contributed by atoms with Gasteiger partial charge in [0.15, 0.2) is 0 Å². The van der Waals surface area contributed by atoms with Gasteiger partial charge in [-0.2, -0.15) is 0 Å². The first-order valence-corrected chi connectivity index (χ1v) is 6.44. The lowest BCUT2D eigenvalue weighted by Crippen LogP contribution is -2.32. The van der Waals surface area contributed by atoms with Crippen LogP contribution in [-0.4, -0.2) is 18.7 Å². The van der Waals surface area contributed by atoms with Crippen molar-refractivity contribution in [2.75, 3.05) is 13.7 Å². The smallest absolute Gasteiger partial charge is 0.137 e. The summed E-state index contributed by atoms with van der Waals surface area (Å²) in [4.78, 5) is 4.10. The predicted octanol–water partition coefficient (Wildman–Crippen LogP) is 2.33. The van der Waals surface area contributed by atoms with Crippen LogP contribution >= 0.6 is 11.6 Å². The van der Waals surface area contributed by atoms with E-state index in [-0.39, 0.29) is 6.04 Å². The van der Waals surface area contributed by atoms with Gasteiger partial charge in [0, 0.05) is 11.2 Å². The lowest BCUT2D eigenvalue weighted by Gasteiger charge is -2.17. The number of nitrogens with one attached hydrogen (secondary N) is 1. The van der Waals surface area contributed by atoms with E-state index in [4.69, 9.17) is 26.9 Å². The molecular weight excluding hydrogens is 278 g/mol. The second kappa shape index (κ2) is 7.09. The summed E-state index contributed by atoms with van der Waals surface area (Å²) in [5, 5.41) is 0.628. The van der Waals surface area contributed by atoms with Crippen molar-refractivity contribution in [3.8, 4) is 11.5 Å². The Morgan fingerprint density at radius 1 is 1.30 bits per heavy atom. The Balaban J connectivity index is 2.05. The van der Waals surface area contributed by atoms with Crippen LogP contribution in [0, 0.1) is 0 Å². The molecule has 3 N–H and O–H groups in total. The van der Waals surface area contributed by atoms with Crippen LogP contribution in [-0.2, 0) is 0 Å². The maximum absolute atomic E-state index is 5.90. The van der Waals surface area contributed by atoms with Crippen LogP contribution in [0.15, 0.2) is 42.7 Å². The first-order valence-electron chi connectivity index (χ1n) is 6.06. The number of hydrazine groups is 1. The van der Waals surface area contributed by atoms with E-state index in [1.165, 1.54) is 0 Å². The third kappa shape index (κ3) is 3.84. The summed E-state index contributed by atoms with van der Waals surface area (Å²) in [6, 6.07) is 8.87. The Hall–Kier alpha value is -1.82. The number of rotatable bonds is 6. The van der Waals surface area contributed by atoms with Crippen molar-refractivity contribution in [2.24, 2.45) is 5.84 Å². The first-order chi connectivity index (χ1) is 9.72. The molecule has 1 aromatic carbocycles. The Morgan fingerprint density at radius 2 is 2.15 bits per heavy atom. The van der Waals surface area contributed by atoms with Crippen molar-refractivity contribution in [3.63, 3.8) is 0 Å². The first kappa shape index (κ1) is 14.6. The number of halogens is 1.